The lowest BCUT2D eigenvalue weighted by molar-refractivity contribution is -0.198. The first-order valence-electron chi connectivity index (χ1n) is 14.9. The van der Waals surface area contributed by atoms with Crippen molar-refractivity contribution in [2.75, 3.05) is 26.8 Å². The van der Waals surface area contributed by atoms with Crippen molar-refractivity contribution in [1.29, 1.82) is 0 Å². The quantitative estimate of drug-likeness (QED) is 0.182. The van der Waals surface area contributed by atoms with E-state index >= 15 is 0 Å². The number of ether oxygens (including phenoxy) is 2. The molecule has 12 heteroatoms. The first-order valence-corrected chi connectivity index (χ1v) is 14.9. The van der Waals surface area contributed by atoms with E-state index in [4.69, 9.17) is 4.74 Å². The van der Waals surface area contributed by atoms with Crippen molar-refractivity contribution in [2.24, 2.45) is 5.92 Å². The molecule has 1 saturated heterocycles. The van der Waals surface area contributed by atoms with Gasteiger partial charge in [0.05, 0.1) is 19.7 Å². The molecular weight excluding hydrogens is 591 g/mol. The molecule has 1 fully saturated rings. The summed E-state index contributed by atoms with van der Waals surface area (Å²) in [5.41, 5.74) is 1.28. The molecule has 1 aliphatic rings. The Bertz CT molecular complexity index is 1330. The fourth-order valence-electron chi connectivity index (χ4n) is 4.99. The Kier molecular flexibility index (Phi) is 13.1. The third kappa shape index (κ3) is 11.0. The molecule has 0 unspecified atom stereocenters. The van der Waals surface area contributed by atoms with Gasteiger partial charge in [0.1, 0.15) is 18.4 Å². The minimum Gasteiger partial charge on any atom is -0.497 e. The van der Waals surface area contributed by atoms with Gasteiger partial charge < -0.3 is 20.1 Å². The van der Waals surface area contributed by atoms with Gasteiger partial charge >= 0.3 is 12.1 Å². The number of nitrogens with zero attached hydrogens (tertiary/aromatic N) is 1. The second kappa shape index (κ2) is 16.8. The average molecular weight is 632 g/mol. The van der Waals surface area contributed by atoms with Crippen LogP contribution in [-0.2, 0) is 25.5 Å². The molecule has 0 saturated carbocycles. The molecule has 1 aliphatic heterocycles. The highest BCUT2D eigenvalue weighted by atomic mass is 19.4. The molecule has 2 N–H and O–H groups in total. The minimum absolute atomic E-state index is 0.0277. The molecular formula is C33H40F3N3O6. The number of Topliss-reactive ketones (excluding diaryl/α,β-unsaturated/α-hetero) is 1. The molecule has 9 nitrogen and oxygen atoms in total. The second-order valence-corrected chi connectivity index (χ2v) is 11.2. The van der Waals surface area contributed by atoms with E-state index in [1.807, 2.05) is 35.2 Å². The van der Waals surface area contributed by atoms with Crippen LogP contribution in [0, 0.1) is 5.92 Å². The van der Waals surface area contributed by atoms with Crippen LogP contribution in [0.25, 0.3) is 0 Å². The molecule has 0 bridgehead atoms. The summed E-state index contributed by atoms with van der Waals surface area (Å²) in [4.78, 5) is 53.2. The van der Waals surface area contributed by atoms with E-state index in [1.54, 1.807) is 38.1 Å². The maximum Gasteiger partial charge on any atom is 0.490 e. The van der Waals surface area contributed by atoms with Crippen LogP contribution in [0.1, 0.15) is 49.0 Å². The van der Waals surface area contributed by atoms with Gasteiger partial charge in [-0.15, -0.1) is 0 Å². The topological polar surface area (TPSA) is 114 Å². The van der Waals surface area contributed by atoms with Gasteiger partial charge in [-0.2, -0.15) is 13.2 Å². The molecule has 2 aromatic carbocycles. The Balaban J connectivity index is 1.73. The fourth-order valence-corrected chi connectivity index (χ4v) is 4.99. The van der Waals surface area contributed by atoms with Crippen LogP contribution in [0.3, 0.4) is 0 Å². The molecule has 3 atom stereocenters. The van der Waals surface area contributed by atoms with Crippen LogP contribution in [0.5, 0.6) is 5.75 Å². The Morgan fingerprint density at radius 2 is 1.76 bits per heavy atom. The summed E-state index contributed by atoms with van der Waals surface area (Å²) in [6, 6.07) is 13.8. The van der Waals surface area contributed by atoms with Gasteiger partial charge in [-0.25, -0.2) is 4.79 Å². The summed E-state index contributed by atoms with van der Waals surface area (Å²) in [6.07, 6.45) is -0.0884. The lowest BCUT2D eigenvalue weighted by Crippen LogP contribution is -2.57. The van der Waals surface area contributed by atoms with E-state index < -0.39 is 42.8 Å². The van der Waals surface area contributed by atoms with E-state index in [-0.39, 0.29) is 30.6 Å². The van der Waals surface area contributed by atoms with Gasteiger partial charge in [0.15, 0.2) is 5.78 Å². The molecule has 3 rings (SSSR count). The van der Waals surface area contributed by atoms with Gasteiger partial charge in [-0.1, -0.05) is 68.8 Å². The largest absolute Gasteiger partial charge is 0.497 e. The number of carbonyl (C=O) groups is 4. The SMILES string of the molecule is COc1cccc(C(=O)CN2CCCC[C@H]2C(=O)N[C@@H](Cc2ccccc2)C(=O)N[C@H](/C=C/COC(=O)C(F)(F)F)C(C)C)c1. The zero-order chi connectivity index (χ0) is 33.0. The standard InChI is InChI=1S/C33H40F3N3O6/c1-22(2)26(15-10-18-45-32(43)33(34,35)36)37-30(41)27(19-23-11-5-4-6-12-23)38-31(42)28-16-7-8-17-39(28)21-29(40)24-13-9-14-25(20-24)44-3/h4-6,9-15,20,22,26-28H,7-8,16-19,21H2,1-3H3,(H,37,41)(H,38,42)/b15-10+/t26-,27+,28+/m1/s1. The number of esters is 1. The molecule has 0 spiro atoms. The van der Waals surface area contributed by atoms with Crippen LogP contribution in [0.15, 0.2) is 66.7 Å². The first-order chi connectivity index (χ1) is 21.4. The minimum atomic E-state index is -5.10. The summed E-state index contributed by atoms with van der Waals surface area (Å²) < 4.78 is 46.7. The number of amides is 2. The highest BCUT2D eigenvalue weighted by Gasteiger charge is 2.40. The smallest absolute Gasteiger partial charge is 0.490 e. The van der Waals surface area contributed by atoms with Crippen molar-refractivity contribution < 1.29 is 41.8 Å². The number of piperidine rings is 1. The monoisotopic (exact) mass is 631 g/mol. The predicted octanol–water partition coefficient (Wildman–Crippen LogP) is 4.26. The maximum atomic E-state index is 13.7. The average Bonchev–Trinajstić information content (AvgIpc) is 3.02. The molecule has 244 valence electrons. The fraction of sp³-hybridized carbons (Fsp3) is 0.455. The lowest BCUT2D eigenvalue weighted by Gasteiger charge is -2.35. The zero-order valence-corrected chi connectivity index (χ0v) is 25.6. The van der Waals surface area contributed by atoms with Crippen LogP contribution >= 0.6 is 0 Å². The number of alkyl halides is 3. The van der Waals surface area contributed by atoms with Crippen LogP contribution in [0.4, 0.5) is 13.2 Å². The van der Waals surface area contributed by atoms with Crippen molar-refractivity contribution in [1.82, 2.24) is 15.5 Å². The molecule has 2 amide bonds. The summed E-state index contributed by atoms with van der Waals surface area (Å²) >= 11 is 0. The summed E-state index contributed by atoms with van der Waals surface area (Å²) in [6.45, 7) is 3.57. The van der Waals surface area contributed by atoms with Crippen molar-refractivity contribution in [3.8, 4) is 5.75 Å². The van der Waals surface area contributed by atoms with E-state index in [0.717, 1.165) is 18.4 Å². The van der Waals surface area contributed by atoms with Gasteiger partial charge in [0, 0.05) is 18.0 Å². The van der Waals surface area contributed by atoms with Crippen molar-refractivity contribution >= 4 is 23.6 Å². The lowest BCUT2D eigenvalue weighted by atomic mass is 9.98. The number of carbonyl (C=O) groups excluding carboxylic acids is 4. The molecule has 0 radical (unpaired) electrons. The van der Waals surface area contributed by atoms with Crippen LogP contribution < -0.4 is 15.4 Å². The normalized spacial score (nSPS) is 17.0. The Morgan fingerprint density at radius 3 is 2.42 bits per heavy atom. The van der Waals surface area contributed by atoms with E-state index in [1.165, 1.54) is 19.3 Å². The Labute approximate surface area is 261 Å². The van der Waals surface area contributed by atoms with Crippen molar-refractivity contribution in [3.05, 3.63) is 77.9 Å². The van der Waals surface area contributed by atoms with Crippen molar-refractivity contribution in [3.63, 3.8) is 0 Å². The number of nitrogens with one attached hydrogen (secondary N) is 2. The Morgan fingerprint density at radius 1 is 1.02 bits per heavy atom. The summed E-state index contributed by atoms with van der Waals surface area (Å²) in [5.74, 6) is -2.93. The number of benzene rings is 2. The number of hydrogen-bond donors (Lipinski definition) is 2. The first kappa shape index (κ1) is 35.3. The highest BCUT2D eigenvalue weighted by molar-refractivity contribution is 5.98. The highest BCUT2D eigenvalue weighted by Crippen LogP contribution is 2.20. The molecule has 1 heterocycles. The summed E-state index contributed by atoms with van der Waals surface area (Å²) in [7, 11) is 1.52. The van der Waals surface area contributed by atoms with Gasteiger partial charge in [0.2, 0.25) is 11.8 Å². The number of methoxy groups -OCH3 is 1. The van der Waals surface area contributed by atoms with Crippen molar-refractivity contribution in [2.45, 2.75) is 63.8 Å². The number of likely N-dealkylation sites (tertiary alicyclic amines) is 1. The number of ketones is 1. The molecule has 0 aliphatic carbocycles. The zero-order valence-electron chi connectivity index (χ0n) is 25.6. The molecule has 2 aromatic rings. The number of hydrogen-bond acceptors (Lipinski definition) is 7. The van der Waals surface area contributed by atoms with Crippen LogP contribution in [0.2, 0.25) is 0 Å². The molecule has 0 aromatic heterocycles. The third-order valence-electron chi connectivity index (χ3n) is 7.48. The van der Waals surface area contributed by atoms with E-state index in [2.05, 4.69) is 15.4 Å². The molecule has 45 heavy (non-hydrogen) atoms. The number of rotatable bonds is 14. The predicted molar refractivity (Wildman–Crippen MR) is 162 cm³/mol. The Hall–Kier alpha value is -4.19. The van der Waals surface area contributed by atoms with Crippen LogP contribution in [-0.4, -0.2) is 79.6 Å². The van der Waals surface area contributed by atoms with Gasteiger partial charge in [-0.3, -0.25) is 19.3 Å². The summed E-state index contributed by atoms with van der Waals surface area (Å²) in [5, 5.41) is 5.75. The van der Waals surface area contributed by atoms with Gasteiger partial charge in [-0.05, 0) is 49.1 Å². The maximum absolute atomic E-state index is 13.7. The van der Waals surface area contributed by atoms with Gasteiger partial charge in [0.25, 0.3) is 0 Å². The van der Waals surface area contributed by atoms with E-state index in [0.29, 0.717) is 24.3 Å². The van der Waals surface area contributed by atoms with E-state index in [9.17, 15) is 32.3 Å². The third-order valence-corrected chi connectivity index (χ3v) is 7.48. The second-order valence-electron chi connectivity index (χ2n) is 11.2. The number of halogens is 3.